The van der Waals surface area contributed by atoms with Crippen molar-refractivity contribution in [3.63, 3.8) is 0 Å². The number of rotatable bonds is 2. The maximum absolute atomic E-state index is 10.6. The second kappa shape index (κ2) is 6.90. The number of carboxylic acid groups (broad SMARTS) is 1. The van der Waals surface area contributed by atoms with Crippen molar-refractivity contribution < 1.29 is 9.90 Å². The summed E-state index contributed by atoms with van der Waals surface area (Å²) in [4.78, 5) is 10.6. The molecule has 0 saturated heterocycles. The number of aliphatic carboxylic acids is 1. The topological polar surface area (TPSA) is 75.4 Å². The lowest BCUT2D eigenvalue weighted by molar-refractivity contribution is -0.137. The zero-order valence-corrected chi connectivity index (χ0v) is 12.0. The molecule has 0 saturated carbocycles. The molecule has 4 heteroatoms. The molecule has 3 rings (SSSR count). The summed E-state index contributed by atoms with van der Waals surface area (Å²) in [6.45, 7) is 1.98. The lowest BCUT2D eigenvalue weighted by Crippen LogP contribution is -2.26. The molecule has 0 radical (unpaired) electrons. The van der Waals surface area contributed by atoms with Gasteiger partial charge < -0.3 is 16.2 Å². The second-order valence-corrected chi connectivity index (χ2v) is 5.10. The van der Waals surface area contributed by atoms with Gasteiger partial charge in [0, 0.05) is 18.2 Å². The van der Waals surface area contributed by atoms with Crippen LogP contribution in [0.3, 0.4) is 0 Å². The standard InChI is InChI=1S/C9H9NO2.C8H11N/c11-9(12)8-5-6-3-1-2-4-7(6)10-8;1-7(9)8-5-3-2-4-6-8/h1-4,8,10H,5H2,(H,11,12);2-7H,9H2,1H3/t8-;7-/m01/s1. The Bertz CT molecular complexity index is 572. The Labute approximate surface area is 124 Å². The Morgan fingerprint density at radius 2 is 1.81 bits per heavy atom. The minimum absolute atomic E-state index is 0.159. The highest BCUT2D eigenvalue weighted by Crippen LogP contribution is 2.24. The number of hydrogen-bond donors (Lipinski definition) is 3. The number of para-hydroxylation sites is 1. The lowest BCUT2D eigenvalue weighted by Gasteiger charge is -2.02. The van der Waals surface area contributed by atoms with Crippen LogP contribution in [0.4, 0.5) is 5.69 Å². The van der Waals surface area contributed by atoms with Crippen LogP contribution in [0.1, 0.15) is 24.1 Å². The first kappa shape index (κ1) is 15.1. The molecule has 0 fully saturated rings. The van der Waals surface area contributed by atoms with E-state index in [2.05, 4.69) is 5.32 Å². The van der Waals surface area contributed by atoms with Crippen molar-refractivity contribution in [1.29, 1.82) is 0 Å². The lowest BCUT2D eigenvalue weighted by atomic mass is 10.1. The van der Waals surface area contributed by atoms with Gasteiger partial charge in [0.15, 0.2) is 0 Å². The molecular weight excluding hydrogens is 264 g/mol. The van der Waals surface area contributed by atoms with Crippen LogP contribution in [-0.4, -0.2) is 17.1 Å². The SMILES string of the molecule is C[C@@H](N)c1ccccc1.O=C(O)[C@@H]1Cc2ccccc2N1. The van der Waals surface area contributed by atoms with E-state index in [-0.39, 0.29) is 6.04 Å². The number of benzene rings is 2. The monoisotopic (exact) mass is 284 g/mol. The van der Waals surface area contributed by atoms with Gasteiger partial charge >= 0.3 is 5.97 Å². The highest BCUT2D eigenvalue weighted by molar-refractivity contribution is 5.81. The first-order chi connectivity index (χ1) is 10.1. The molecule has 1 aliphatic heterocycles. The molecule has 1 heterocycles. The van der Waals surface area contributed by atoms with Gasteiger partial charge in [-0.15, -0.1) is 0 Å². The maximum Gasteiger partial charge on any atom is 0.326 e. The third-order valence-corrected chi connectivity index (χ3v) is 3.39. The number of carboxylic acids is 1. The smallest absolute Gasteiger partial charge is 0.326 e. The maximum atomic E-state index is 10.6. The van der Waals surface area contributed by atoms with Crippen molar-refractivity contribution in [2.45, 2.75) is 25.4 Å². The molecule has 2 aromatic rings. The number of nitrogens with two attached hydrogens (primary N) is 1. The summed E-state index contributed by atoms with van der Waals surface area (Å²) in [6, 6.07) is 17.4. The Balaban J connectivity index is 0.000000161. The number of carbonyl (C=O) groups is 1. The first-order valence-corrected chi connectivity index (χ1v) is 6.95. The molecule has 0 bridgehead atoms. The zero-order chi connectivity index (χ0) is 15.2. The van der Waals surface area contributed by atoms with Crippen LogP contribution in [0.25, 0.3) is 0 Å². The van der Waals surface area contributed by atoms with Crippen molar-refractivity contribution in [2.75, 3.05) is 5.32 Å². The fraction of sp³-hybridized carbons (Fsp3) is 0.235. The van der Waals surface area contributed by atoms with Crippen molar-refractivity contribution in [2.24, 2.45) is 5.73 Å². The minimum Gasteiger partial charge on any atom is -0.480 e. The van der Waals surface area contributed by atoms with E-state index in [0.29, 0.717) is 6.42 Å². The molecule has 4 N–H and O–H groups in total. The highest BCUT2D eigenvalue weighted by atomic mass is 16.4. The van der Waals surface area contributed by atoms with E-state index in [0.717, 1.165) is 11.3 Å². The van der Waals surface area contributed by atoms with Crippen molar-refractivity contribution in [1.82, 2.24) is 0 Å². The van der Waals surface area contributed by atoms with Crippen LogP contribution in [-0.2, 0) is 11.2 Å². The Kier molecular flexibility index (Phi) is 4.95. The predicted molar refractivity (Wildman–Crippen MR) is 84.2 cm³/mol. The summed E-state index contributed by atoms with van der Waals surface area (Å²) in [5, 5.41) is 11.7. The highest BCUT2D eigenvalue weighted by Gasteiger charge is 2.25. The third kappa shape index (κ3) is 4.07. The van der Waals surface area contributed by atoms with Gasteiger partial charge in [-0.2, -0.15) is 0 Å². The van der Waals surface area contributed by atoms with E-state index in [9.17, 15) is 4.79 Å². The van der Waals surface area contributed by atoms with E-state index < -0.39 is 12.0 Å². The summed E-state index contributed by atoms with van der Waals surface area (Å²) in [6.07, 6.45) is 0.589. The predicted octanol–water partition coefficient (Wildman–Crippen LogP) is 2.81. The normalized spacial score (nSPS) is 17.0. The van der Waals surface area contributed by atoms with Crippen molar-refractivity contribution in [3.8, 4) is 0 Å². The Morgan fingerprint density at radius 1 is 1.19 bits per heavy atom. The van der Waals surface area contributed by atoms with Crippen molar-refractivity contribution in [3.05, 3.63) is 65.7 Å². The van der Waals surface area contributed by atoms with E-state index in [1.165, 1.54) is 5.56 Å². The van der Waals surface area contributed by atoms with Crippen LogP contribution in [0, 0.1) is 0 Å². The molecule has 2 aromatic carbocycles. The molecule has 2 atom stereocenters. The average molecular weight is 284 g/mol. The molecule has 0 aromatic heterocycles. The van der Waals surface area contributed by atoms with Gasteiger partial charge in [-0.25, -0.2) is 4.79 Å². The van der Waals surface area contributed by atoms with E-state index >= 15 is 0 Å². The molecule has 1 aliphatic rings. The number of anilines is 1. The van der Waals surface area contributed by atoms with Crippen molar-refractivity contribution >= 4 is 11.7 Å². The molecule has 21 heavy (non-hydrogen) atoms. The van der Waals surface area contributed by atoms with Gasteiger partial charge in [-0.05, 0) is 24.1 Å². The number of nitrogens with one attached hydrogen (secondary N) is 1. The molecule has 0 amide bonds. The Hall–Kier alpha value is -2.33. The van der Waals surface area contributed by atoms with Crippen LogP contribution >= 0.6 is 0 Å². The largest absolute Gasteiger partial charge is 0.480 e. The van der Waals surface area contributed by atoms with E-state index in [4.69, 9.17) is 10.8 Å². The van der Waals surface area contributed by atoms with E-state index in [1.54, 1.807) is 0 Å². The Morgan fingerprint density at radius 3 is 2.33 bits per heavy atom. The molecule has 110 valence electrons. The fourth-order valence-electron chi connectivity index (χ4n) is 2.20. The van der Waals surface area contributed by atoms with Crippen LogP contribution in [0.15, 0.2) is 54.6 Å². The molecule has 0 unspecified atom stereocenters. The fourth-order valence-corrected chi connectivity index (χ4v) is 2.20. The molecule has 4 nitrogen and oxygen atoms in total. The molecule has 0 aliphatic carbocycles. The number of hydrogen-bond acceptors (Lipinski definition) is 3. The average Bonchev–Trinajstić information content (AvgIpc) is 2.93. The molecule has 0 spiro atoms. The van der Waals surface area contributed by atoms with Gasteiger partial charge in [-0.1, -0.05) is 48.5 Å². The quantitative estimate of drug-likeness (QED) is 0.792. The minimum atomic E-state index is -0.786. The van der Waals surface area contributed by atoms with Gasteiger partial charge in [0.2, 0.25) is 0 Å². The summed E-state index contributed by atoms with van der Waals surface area (Å²) >= 11 is 0. The second-order valence-electron chi connectivity index (χ2n) is 5.10. The first-order valence-electron chi connectivity index (χ1n) is 6.95. The van der Waals surface area contributed by atoms with Crippen LogP contribution < -0.4 is 11.1 Å². The van der Waals surface area contributed by atoms with Gasteiger partial charge in [-0.3, -0.25) is 0 Å². The van der Waals surface area contributed by atoms with E-state index in [1.807, 2.05) is 61.5 Å². The van der Waals surface area contributed by atoms with Crippen LogP contribution in [0.5, 0.6) is 0 Å². The summed E-state index contributed by atoms with van der Waals surface area (Å²) in [5.74, 6) is -0.786. The number of fused-ring (bicyclic) bond motifs is 1. The summed E-state index contributed by atoms with van der Waals surface area (Å²) in [5.41, 5.74) is 8.84. The zero-order valence-electron chi connectivity index (χ0n) is 12.0. The van der Waals surface area contributed by atoms with Gasteiger partial charge in [0.25, 0.3) is 0 Å². The summed E-state index contributed by atoms with van der Waals surface area (Å²) < 4.78 is 0. The molecular formula is C17H20N2O2. The van der Waals surface area contributed by atoms with Crippen LogP contribution in [0.2, 0.25) is 0 Å². The van der Waals surface area contributed by atoms with Gasteiger partial charge in [0.05, 0.1) is 0 Å². The van der Waals surface area contributed by atoms with Gasteiger partial charge in [0.1, 0.15) is 6.04 Å². The third-order valence-electron chi connectivity index (χ3n) is 3.39. The summed E-state index contributed by atoms with van der Waals surface area (Å²) in [7, 11) is 0.